The van der Waals surface area contributed by atoms with Gasteiger partial charge in [0.15, 0.2) is 5.90 Å². The van der Waals surface area contributed by atoms with Gasteiger partial charge in [-0.25, -0.2) is 4.99 Å². The summed E-state index contributed by atoms with van der Waals surface area (Å²) >= 11 is 0. The van der Waals surface area contributed by atoms with Gasteiger partial charge in [0.25, 0.3) is 0 Å². The maximum atomic E-state index is 13.1. The Morgan fingerprint density at radius 2 is 1.87 bits per heavy atom. The van der Waals surface area contributed by atoms with Crippen LogP contribution in [0.3, 0.4) is 0 Å². The Morgan fingerprint density at radius 1 is 1.27 bits per heavy atom. The van der Waals surface area contributed by atoms with E-state index in [1.807, 2.05) is 0 Å². The Balaban J connectivity index is 0.000000980. The molecule has 0 aromatic heterocycles. The van der Waals surface area contributed by atoms with Crippen molar-refractivity contribution in [2.45, 2.75) is 0 Å². The minimum Gasteiger partial charge on any atom is -1.00 e. The molecule has 1 aromatic rings. The smallest absolute Gasteiger partial charge is 1.00 e. The number of rotatable bonds is 1. The van der Waals surface area contributed by atoms with Crippen molar-refractivity contribution in [2.24, 2.45) is 4.99 Å². The molecule has 0 bridgehead atoms. The van der Waals surface area contributed by atoms with Crippen LogP contribution in [0.2, 0.25) is 0 Å². The van der Waals surface area contributed by atoms with Crippen LogP contribution in [0, 0.1) is 17.7 Å². The average Bonchev–Trinajstić information content (AvgIpc) is 2.57. The van der Waals surface area contributed by atoms with Crippen molar-refractivity contribution >= 4 is 29.0 Å². The third kappa shape index (κ3) is 3.12. The van der Waals surface area contributed by atoms with Crippen LogP contribution in [0.4, 0.5) is 8.78 Å². The van der Waals surface area contributed by atoms with Crippen LogP contribution in [0.1, 0.15) is 5.56 Å². The average molecular weight is 286 g/mol. The van der Waals surface area contributed by atoms with Gasteiger partial charge in [-0.1, -0.05) is 0 Å². The molecular weight excluding hydrogens is 280 g/mol. The van der Waals surface area contributed by atoms with E-state index in [0.29, 0.717) is 13.2 Å². The van der Waals surface area contributed by atoms with Crippen LogP contribution in [-0.2, 0) is 4.74 Å². The SMILES string of the molecule is Fc1c[c-]cc(F)c1C1=NCCO1.[Br-].[Mg+2]. The number of aliphatic imine (C=N–C) groups is 1. The van der Waals surface area contributed by atoms with Gasteiger partial charge in [0.1, 0.15) is 6.61 Å². The zero-order valence-electron chi connectivity index (χ0n) is 7.77. The minimum absolute atomic E-state index is 0. The first-order valence-corrected chi connectivity index (χ1v) is 3.82. The first kappa shape index (κ1) is 14.8. The third-order valence-electron chi connectivity index (χ3n) is 1.70. The molecule has 0 saturated heterocycles. The molecule has 0 unspecified atom stereocenters. The zero-order chi connectivity index (χ0) is 9.26. The quantitative estimate of drug-likeness (QED) is 0.439. The molecule has 1 aromatic carbocycles. The largest absolute Gasteiger partial charge is 2.00 e. The predicted molar refractivity (Wildman–Crippen MR) is 48.3 cm³/mol. The third-order valence-corrected chi connectivity index (χ3v) is 1.70. The molecule has 0 spiro atoms. The summed E-state index contributed by atoms with van der Waals surface area (Å²) in [6.45, 7) is 0.833. The number of hydrogen-bond donors (Lipinski definition) is 0. The Hall–Kier alpha value is -0.204. The van der Waals surface area contributed by atoms with Gasteiger partial charge in [-0.05, 0) is 5.56 Å². The van der Waals surface area contributed by atoms with Crippen molar-refractivity contribution in [1.82, 2.24) is 0 Å². The molecule has 0 atom stereocenters. The van der Waals surface area contributed by atoms with Gasteiger partial charge in [-0.3, -0.25) is 8.78 Å². The Labute approximate surface area is 113 Å². The summed E-state index contributed by atoms with van der Waals surface area (Å²) in [5.74, 6) is -1.34. The van der Waals surface area contributed by atoms with E-state index in [1.54, 1.807) is 0 Å². The molecule has 76 valence electrons. The number of halogens is 3. The van der Waals surface area contributed by atoms with E-state index in [2.05, 4.69) is 11.1 Å². The van der Waals surface area contributed by atoms with Crippen molar-refractivity contribution in [3.8, 4) is 0 Å². The second-order valence-corrected chi connectivity index (χ2v) is 2.56. The molecule has 0 aliphatic carbocycles. The van der Waals surface area contributed by atoms with Crippen molar-refractivity contribution in [2.75, 3.05) is 13.2 Å². The number of benzene rings is 1. The van der Waals surface area contributed by atoms with Crippen LogP contribution < -0.4 is 17.0 Å². The number of hydrogen-bond acceptors (Lipinski definition) is 2. The zero-order valence-corrected chi connectivity index (χ0v) is 10.8. The fraction of sp³-hybridized carbons (Fsp3) is 0.222. The molecular formula is C9H6BrF2MgNO. The summed E-state index contributed by atoms with van der Waals surface area (Å²) in [5, 5.41) is 0. The maximum Gasteiger partial charge on any atom is 2.00 e. The van der Waals surface area contributed by atoms with E-state index in [-0.39, 0.29) is 51.5 Å². The maximum absolute atomic E-state index is 13.1. The molecule has 2 rings (SSSR count). The number of nitrogens with zero attached hydrogens (tertiary/aromatic N) is 1. The monoisotopic (exact) mass is 285 g/mol. The minimum atomic E-state index is -0.694. The van der Waals surface area contributed by atoms with E-state index in [9.17, 15) is 8.78 Å². The molecule has 0 radical (unpaired) electrons. The summed E-state index contributed by atoms with van der Waals surface area (Å²) < 4.78 is 31.1. The topological polar surface area (TPSA) is 21.6 Å². The van der Waals surface area contributed by atoms with Crippen LogP contribution >= 0.6 is 0 Å². The van der Waals surface area contributed by atoms with E-state index in [4.69, 9.17) is 4.74 Å². The predicted octanol–water partition coefficient (Wildman–Crippen LogP) is -1.84. The van der Waals surface area contributed by atoms with Crippen LogP contribution in [0.15, 0.2) is 17.1 Å². The van der Waals surface area contributed by atoms with Gasteiger partial charge in [-0.15, -0.1) is 12.1 Å². The molecule has 0 fully saturated rings. The molecule has 0 amide bonds. The first-order valence-electron chi connectivity index (χ1n) is 3.82. The standard InChI is InChI=1S/C9H6F2NO.BrH.Mg/c10-6-2-1-3-7(11)8(6)9-12-4-5-13-9;;/h2-3H,4-5H2;1H;/q-1;;+2/p-1. The van der Waals surface area contributed by atoms with Crippen molar-refractivity contribution in [1.29, 1.82) is 0 Å². The Bertz CT molecular complexity index is 353. The van der Waals surface area contributed by atoms with Crippen LogP contribution in [-0.4, -0.2) is 42.1 Å². The molecule has 1 aliphatic rings. The molecule has 0 N–H and O–H groups in total. The van der Waals surface area contributed by atoms with Gasteiger partial charge in [0.05, 0.1) is 6.54 Å². The van der Waals surface area contributed by atoms with Gasteiger partial charge < -0.3 is 21.7 Å². The second-order valence-electron chi connectivity index (χ2n) is 2.56. The second kappa shape index (κ2) is 6.39. The van der Waals surface area contributed by atoms with E-state index >= 15 is 0 Å². The van der Waals surface area contributed by atoms with Gasteiger partial charge in [0.2, 0.25) is 0 Å². The molecule has 15 heavy (non-hydrogen) atoms. The summed E-state index contributed by atoms with van der Waals surface area (Å²) in [6, 6.07) is 4.45. The fourth-order valence-electron chi connectivity index (χ4n) is 1.14. The van der Waals surface area contributed by atoms with E-state index in [1.165, 1.54) is 0 Å². The van der Waals surface area contributed by atoms with Crippen molar-refractivity contribution in [3.05, 3.63) is 35.4 Å². The van der Waals surface area contributed by atoms with Crippen LogP contribution in [0.5, 0.6) is 0 Å². The molecule has 6 heteroatoms. The Morgan fingerprint density at radius 3 is 2.33 bits per heavy atom. The molecule has 0 saturated carbocycles. The molecule has 1 heterocycles. The molecule has 1 aliphatic heterocycles. The van der Waals surface area contributed by atoms with Gasteiger partial charge >= 0.3 is 23.1 Å². The summed E-state index contributed by atoms with van der Waals surface area (Å²) in [7, 11) is 0. The summed E-state index contributed by atoms with van der Waals surface area (Å²) in [4.78, 5) is 3.83. The van der Waals surface area contributed by atoms with Gasteiger partial charge in [0, 0.05) is 11.6 Å². The van der Waals surface area contributed by atoms with Gasteiger partial charge in [-0.2, -0.15) is 6.07 Å². The van der Waals surface area contributed by atoms with Crippen LogP contribution in [0.25, 0.3) is 0 Å². The first-order chi connectivity index (χ1) is 6.29. The summed E-state index contributed by atoms with van der Waals surface area (Å²) in [6.07, 6.45) is 0. The Kier molecular flexibility index (Phi) is 6.31. The van der Waals surface area contributed by atoms with E-state index in [0.717, 1.165) is 12.1 Å². The normalized spacial score (nSPS) is 13.3. The van der Waals surface area contributed by atoms with Crippen molar-refractivity contribution in [3.63, 3.8) is 0 Å². The molecule has 2 nitrogen and oxygen atoms in total. The van der Waals surface area contributed by atoms with E-state index < -0.39 is 11.6 Å². The summed E-state index contributed by atoms with van der Waals surface area (Å²) in [5.41, 5.74) is -0.198. The number of ether oxygens (including phenoxy) is 1. The fourth-order valence-corrected chi connectivity index (χ4v) is 1.14. The van der Waals surface area contributed by atoms with Crippen molar-refractivity contribution < 1.29 is 30.5 Å².